The number of esters is 1. The van der Waals surface area contributed by atoms with Crippen LogP contribution in [0.1, 0.15) is 107 Å². The number of rotatable bonds is 5. The van der Waals surface area contributed by atoms with E-state index in [0.29, 0.717) is 18.3 Å². The quantitative estimate of drug-likeness (QED) is 0.218. The van der Waals surface area contributed by atoms with E-state index in [1.807, 2.05) is 0 Å². The lowest BCUT2D eigenvalue weighted by Crippen LogP contribution is -2.61. The predicted octanol–water partition coefficient (Wildman–Crippen LogP) is 3.33. The first-order valence-electron chi connectivity index (χ1n) is 18.3. The SMILES string of the molecule is CC(=O)O[C@@H](C1C[C@@H](C)[C@H]2C(O1)[C@H](O)[C@@]1(C)C3CC[C@H]4C(C)(C)[C@@H](O[C@@H]5OC[C@@H](O)[C@H](O)[C@H]5O)CCC45C[C@@]35CC[C@]21C)C(C)(C)O. The highest BCUT2D eigenvalue weighted by Crippen LogP contribution is 2.89. The molecule has 0 aromatic rings. The Balaban J connectivity index is 1.14. The van der Waals surface area contributed by atoms with Crippen LogP contribution < -0.4 is 0 Å². The van der Waals surface area contributed by atoms with Gasteiger partial charge in [-0.15, -0.1) is 0 Å². The van der Waals surface area contributed by atoms with Crippen molar-refractivity contribution in [2.75, 3.05) is 6.61 Å². The zero-order valence-corrected chi connectivity index (χ0v) is 29.6. The highest BCUT2D eigenvalue weighted by atomic mass is 16.7. The second kappa shape index (κ2) is 10.8. The van der Waals surface area contributed by atoms with Crippen LogP contribution in [0.5, 0.6) is 0 Å². The molecule has 10 heteroatoms. The molecule has 17 atom stereocenters. The van der Waals surface area contributed by atoms with E-state index in [1.165, 1.54) is 13.3 Å². The lowest BCUT2D eigenvalue weighted by atomic mass is 9.41. The van der Waals surface area contributed by atoms with Crippen LogP contribution in [0.4, 0.5) is 0 Å². The standard InChI is InChI=1S/C37H60O10/c1-18-15-21(30(33(5,6)43)45-19(2)38)46-28-25(18)34(7)13-14-37-17-36(37)12-11-24(47-31-27(41)26(40)20(39)16-44-31)32(3,4)22(36)9-10-23(37)35(34,8)29(28)42/h18,20-31,39-43H,9-17H2,1-8H3/t18-,20-,21?,22+,23?,24+,25+,26+,27-,28?,29+,30+,31+,34-,35-,36?,37+/m1/s1. The van der Waals surface area contributed by atoms with Gasteiger partial charge in [-0.3, -0.25) is 4.79 Å². The van der Waals surface area contributed by atoms with Crippen molar-refractivity contribution in [3.05, 3.63) is 0 Å². The van der Waals surface area contributed by atoms with Crippen molar-refractivity contribution >= 4 is 5.97 Å². The van der Waals surface area contributed by atoms with Crippen molar-refractivity contribution < 1.29 is 49.3 Å². The molecule has 4 unspecified atom stereocenters. The summed E-state index contributed by atoms with van der Waals surface area (Å²) in [5, 5.41) is 54.3. The van der Waals surface area contributed by atoms with Crippen LogP contribution >= 0.6 is 0 Å². The fourth-order valence-electron chi connectivity index (χ4n) is 13.7. The summed E-state index contributed by atoms with van der Waals surface area (Å²) in [5.74, 6) is 0.717. The van der Waals surface area contributed by atoms with Crippen molar-refractivity contribution in [3.63, 3.8) is 0 Å². The first kappa shape index (κ1) is 34.6. The molecule has 0 amide bonds. The summed E-state index contributed by atoms with van der Waals surface area (Å²) < 4.78 is 24.6. The monoisotopic (exact) mass is 664 g/mol. The normalized spacial score (nSPS) is 55.4. The summed E-state index contributed by atoms with van der Waals surface area (Å²) in [6.45, 7) is 16.2. The van der Waals surface area contributed by atoms with Gasteiger partial charge in [-0.2, -0.15) is 0 Å². The maximum absolute atomic E-state index is 12.5. The van der Waals surface area contributed by atoms with Gasteiger partial charge in [-0.1, -0.05) is 34.6 Å². The Hall–Kier alpha value is -0.850. The second-order valence-corrected chi connectivity index (χ2v) is 18.6. The summed E-state index contributed by atoms with van der Waals surface area (Å²) in [4.78, 5) is 12.1. The summed E-state index contributed by atoms with van der Waals surface area (Å²) in [6, 6.07) is 0. The molecular weight excluding hydrogens is 604 g/mol. The smallest absolute Gasteiger partial charge is 0.303 e. The van der Waals surface area contributed by atoms with E-state index in [0.717, 1.165) is 38.5 Å². The van der Waals surface area contributed by atoms with Crippen LogP contribution in [0.2, 0.25) is 0 Å². The first-order chi connectivity index (χ1) is 21.8. The van der Waals surface area contributed by atoms with Gasteiger partial charge >= 0.3 is 5.97 Å². The minimum absolute atomic E-state index is 0.0683. The van der Waals surface area contributed by atoms with Crippen molar-refractivity contribution in [3.8, 4) is 0 Å². The molecule has 5 N–H and O–H groups in total. The third-order valence-electron chi connectivity index (χ3n) is 15.8. The topological polar surface area (TPSA) is 155 Å². The number of ether oxygens (including phenoxy) is 4. The van der Waals surface area contributed by atoms with Crippen molar-refractivity contribution in [2.24, 2.45) is 50.7 Å². The van der Waals surface area contributed by atoms with Crippen molar-refractivity contribution in [1.82, 2.24) is 0 Å². The average molecular weight is 665 g/mol. The third-order valence-corrected chi connectivity index (χ3v) is 15.8. The van der Waals surface area contributed by atoms with Crippen LogP contribution in [0.25, 0.3) is 0 Å². The van der Waals surface area contributed by atoms with Crippen LogP contribution in [0.3, 0.4) is 0 Å². The van der Waals surface area contributed by atoms with E-state index < -0.39 is 60.6 Å². The van der Waals surface area contributed by atoms with Crippen LogP contribution in [0.15, 0.2) is 0 Å². The third kappa shape index (κ3) is 4.54. The Morgan fingerprint density at radius 2 is 1.60 bits per heavy atom. The summed E-state index contributed by atoms with van der Waals surface area (Å²) in [7, 11) is 0. The Labute approximate surface area is 279 Å². The van der Waals surface area contributed by atoms with E-state index in [2.05, 4.69) is 34.6 Å². The van der Waals surface area contributed by atoms with Crippen LogP contribution in [-0.4, -0.2) is 98.8 Å². The van der Waals surface area contributed by atoms with Gasteiger partial charge in [-0.25, -0.2) is 0 Å². The molecule has 0 radical (unpaired) electrons. The minimum Gasteiger partial charge on any atom is -0.457 e. The van der Waals surface area contributed by atoms with E-state index >= 15 is 0 Å². The van der Waals surface area contributed by atoms with E-state index in [-0.39, 0.29) is 51.6 Å². The fraction of sp³-hybridized carbons (Fsp3) is 0.973. The largest absolute Gasteiger partial charge is 0.457 e. The molecule has 2 spiro atoms. The van der Waals surface area contributed by atoms with Gasteiger partial charge in [-0.05, 0) is 111 Å². The Morgan fingerprint density at radius 1 is 0.936 bits per heavy atom. The number of hydrogen-bond acceptors (Lipinski definition) is 10. The Morgan fingerprint density at radius 3 is 2.26 bits per heavy atom. The van der Waals surface area contributed by atoms with Gasteiger partial charge in [0.25, 0.3) is 0 Å². The van der Waals surface area contributed by atoms with Gasteiger partial charge in [0.1, 0.15) is 18.3 Å². The van der Waals surface area contributed by atoms with Crippen molar-refractivity contribution in [2.45, 2.75) is 167 Å². The molecule has 7 rings (SSSR count). The molecule has 7 aliphatic rings. The lowest BCUT2D eigenvalue weighted by Gasteiger charge is -2.64. The molecule has 2 aliphatic heterocycles. The number of aliphatic hydroxyl groups excluding tert-OH is 4. The molecular formula is C37H60O10. The van der Waals surface area contributed by atoms with Gasteiger partial charge in [0, 0.05) is 12.3 Å². The van der Waals surface area contributed by atoms with E-state index in [9.17, 15) is 30.3 Å². The number of hydrogen-bond donors (Lipinski definition) is 5. The molecule has 5 aliphatic carbocycles. The number of fused-ring (bicyclic) bond motifs is 4. The van der Waals surface area contributed by atoms with Gasteiger partial charge < -0.3 is 44.5 Å². The number of aliphatic hydroxyl groups is 5. The molecule has 5 saturated carbocycles. The van der Waals surface area contributed by atoms with Crippen LogP contribution in [0, 0.1) is 50.7 Å². The maximum Gasteiger partial charge on any atom is 0.303 e. The summed E-state index contributed by atoms with van der Waals surface area (Å²) in [6.07, 6.45) is 0.712. The number of carbonyl (C=O) groups is 1. The molecule has 268 valence electrons. The van der Waals surface area contributed by atoms with Gasteiger partial charge in [0.05, 0.1) is 36.6 Å². The first-order valence-corrected chi connectivity index (χ1v) is 18.3. The summed E-state index contributed by atoms with van der Waals surface area (Å²) >= 11 is 0. The molecule has 0 bridgehead atoms. The zero-order valence-electron chi connectivity index (χ0n) is 29.6. The highest BCUT2D eigenvalue weighted by molar-refractivity contribution is 5.66. The molecule has 2 saturated heterocycles. The average Bonchev–Trinajstić information content (AvgIpc) is 3.61. The van der Waals surface area contributed by atoms with E-state index in [4.69, 9.17) is 18.9 Å². The Kier molecular flexibility index (Phi) is 7.97. The molecule has 0 aromatic heterocycles. The minimum atomic E-state index is -1.30. The number of carbonyl (C=O) groups excluding carboxylic acids is 1. The van der Waals surface area contributed by atoms with E-state index in [1.54, 1.807) is 13.8 Å². The Bertz CT molecular complexity index is 1250. The molecule has 47 heavy (non-hydrogen) atoms. The maximum atomic E-state index is 12.5. The molecule has 10 nitrogen and oxygen atoms in total. The lowest BCUT2D eigenvalue weighted by molar-refractivity contribution is -0.303. The molecule has 0 aromatic carbocycles. The second-order valence-electron chi connectivity index (χ2n) is 18.6. The zero-order chi connectivity index (χ0) is 34.3. The van der Waals surface area contributed by atoms with Gasteiger partial charge in [0.2, 0.25) is 0 Å². The van der Waals surface area contributed by atoms with Crippen LogP contribution in [-0.2, 0) is 23.7 Å². The molecule has 2 heterocycles. The fourth-order valence-corrected chi connectivity index (χ4v) is 13.7. The van der Waals surface area contributed by atoms with Gasteiger partial charge in [0.15, 0.2) is 12.4 Å². The molecule has 7 fully saturated rings. The van der Waals surface area contributed by atoms with Crippen molar-refractivity contribution in [1.29, 1.82) is 0 Å². The predicted molar refractivity (Wildman–Crippen MR) is 171 cm³/mol. The summed E-state index contributed by atoms with van der Waals surface area (Å²) in [5.41, 5.74) is -1.61. The highest BCUT2D eigenvalue weighted by Gasteiger charge is 2.84.